The molecule has 0 aliphatic rings. The van der Waals surface area contributed by atoms with Crippen LogP contribution in [0.2, 0.25) is 5.02 Å². The number of benzene rings is 1. The first-order chi connectivity index (χ1) is 7.02. The summed E-state index contributed by atoms with van der Waals surface area (Å²) >= 11 is 5.79. The number of methoxy groups -OCH3 is 1. The third-order valence-electron chi connectivity index (χ3n) is 1.33. The fraction of sp³-hybridized carbons (Fsp3) is 0.143. The summed E-state index contributed by atoms with van der Waals surface area (Å²) in [5.74, 6) is 5.77. The van der Waals surface area contributed by atoms with Gasteiger partial charge in [-0.1, -0.05) is 17.7 Å². The van der Waals surface area contributed by atoms with Gasteiger partial charge in [-0.15, -0.1) is 10.1 Å². The highest BCUT2D eigenvalue weighted by atomic mass is 35.5. The van der Waals surface area contributed by atoms with Gasteiger partial charge in [0.2, 0.25) is 0 Å². The van der Waals surface area contributed by atoms with Crippen molar-refractivity contribution in [3.63, 3.8) is 0 Å². The third kappa shape index (κ3) is 4.89. The maximum Gasteiger partial charge on any atom is 0.291 e. The van der Waals surface area contributed by atoms with Crippen LogP contribution in [-0.2, 0) is 0 Å². The molecule has 0 fully saturated rings. The number of nitrogens with two attached hydrogens (primary N) is 1. The first kappa shape index (κ1) is 13.3. The average molecular weight is 236 g/mol. The minimum Gasteiger partial charge on any atom is -0.493 e. The summed E-state index contributed by atoms with van der Waals surface area (Å²) in [6.07, 6.45) is 0. The van der Waals surface area contributed by atoms with Crippen molar-refractivity contribution in [1.82, 2.24) is 0 Å². The lowest BCUT2D eigenvalue weighted by Crippen LogP contribution is -2.07. The summed E-state index contributed by atoms with van der Waals surface area (Å²) in [5.41, 5.74) is 3.16. The van der Waals surface area contributed by atoms with Gasteiger partial charge in [0.1, 0.15) is 0 Å². The number of hydrogen-bond acceptors (Lipinski definition) is 5. The second kappa shape index (κ2) is 6.68. The highest BCUT2D eigenvalue weighted by Crippen LogP contribution is 2.31. The molecular weight excluding hydrogens is 226 g/mol. The summed E-state index contributed by atoms with van der Waals surface area (Å²) in [6, 6.07) is 5.31. The molecule has 0 amide bonds. The highest BCUT2D eigenvalue weighted by molar-refractivity contribution is 6.32. The Kier molecular flexibility index (Phi) is 5.91. The van der Waals surface area contributed by atoms with Gasteiger partial charge in [-0.2, -0.15) is 0 Å². The zero-order valence-electron chi connectivity index (χ0n) is 7.81. The van der Waals surface area contributed by atoms with E-state index < -0.39 is 5.09 Å². The summed E-state index contributed by atoms with van der Waals surface area (Å²) in [4.78, 5) is 8.36. The van der Waals surface area contributed by atoms with Crippen LogP contribution in [0.25, 0.3) is 0 Å². The molecule has 0 aliphatic carbocycles. The Labute approximate surface area is 90.5 Å². The van der Waals surface area contributed by atoms with E-state index in [1.807, 2.05) is 0 Å². The van der Waals surface area contributed by atoms with Crippen LogP contribution in [0.5, 0.6) is 5.75 Å². The first-order valence-electron chi connectivity index (χ1n) is 3.65. The molecule has 8 heteroatoms. The second-order valence-corrected chi connectivity index (χ2v) is 2.61. The van der Waals surface area contributed by atoms with Gasteiger partial charge in [-0.25, -0.2) is 0 Å². The lowest BCUT2D eigenvalue weighted by atomic mass is 10.3. The topological polar surface area (TPSA) is 111 Å². The largest absolute Gasteiger partial charge is 0.493 e. The summed E-state index contributed by atoms with van der Waals surface area (Å²) in [6.45, 7) is 0. The SMILES string of the molecule is COc1c(Cl)cccc1NN.O=[N+]([O-])O. The fourth-order valence-corrected chi connectivity index (χ4v) is 1.08. The Morgan fingerprint density at radius 1 is 1.67 bits per heavy atom. The molecule has 0 spiro atoms. The van der Waals surface area contributed by atoms with Crippen LogP contribution in [0.1, 0.15) is 0 Å². The molecule has 1 rings (SSSR count). The van der Waals surface area contributed by atoms with E-state index in [1.54, 1.807) is 25.3 Å². The van der Waals surface area contributed by atoms with Crippen LogP contribution in [-0.4, -0.2) is 17.4 Å². The predicted molar refractivity (Wildman–Crippen MR) is 54.6 cm³/mol. The standard InChI is InChI=1S/C7H9ClN2O.HNO3/c1-11-7-5(8)3-2-4-6(7)10-9;2-1(3)4/h2-4,10H,9H2,1H3;(H,2,3,4). The minimum atomic E-state index is -1.50. The van der Waals surface area contributed by atoms with Gasteiger partial charge in [0.05, 0.1) is 17.8 Å². The van der Waals surface area contributed by atoms with Crippen LogP contribution in [0, 0.1) is 10.1 Å². The number of nitrogen functional groups attached to an aromatic ring is 1. The molecule has 7 nitrogen and oxygen atoms in total. The molecular formula is C7H10ClN3O4. The third-order valence-corrected chi connectivity index (χ3v) is 1.62. The summed E-state index contributed by atoms with van der Waals surface area (Å²) in [7, 11) is 1.54. The second-order valence-electron chi connectivity index (χ2n) is 2.20. The molecule has 1 aromatic rings. The van der Waals surface area contributed by atoms with Crippen molar-refractivity contribution >= 4 is 17.3 Å². The van der Waals surface area contributed by atoms with Crippen LogP contribution < -0.4 is 16.0 Å². The van der Waals surface area contributed by atoms with E-state index in [0.29, 0.717) is 16.5 Å². The lowest BCUT2D eigenvalue weighted by Gasteiger charge is -2.07. The number of anilines is 1. The Morgan fingerprint density at radius 3 is 2.53 bits per heavy atom. The van der Waals surface area contributed by atoms with Gasteiger partial charge in [-0.3, -0.25) is 5.84 Å². The molecule has 1 aromatic carbocycles. The fourth-order valence-electron chi connectivity index (χ4n) is 0.830. The zero-order chi connectivity index (χ0) is 11.8. The van der Waals surface area contributed by atoms with Gasteiger partial charge in [-0.05, 0) is 12.1 Å². The Balaban J connectivity index is 0.000000423. The van der Waals surface area contributed by atoms with E-state index in [4.69, 9.17) is 37.5 Å². The van der Waals surface area contributed by atoms with Gasteiger partial charge >= 0.3 is 0 Å². The molecule has 0 aliphatic heterocycles. The van der Waals surface area contributed by atoms with E-state index in [9.17, 15) is 0 Å². The number of rotatable bonds is 2. The van der Waals surface area contributed by atoms with Crippen LogP contribution in [0.4, 0.5) is 5.69 Å². The van der Waals surface area contributed by atoms with Crippen molar-refractivity contribution in [3.8, 4) is 5.75 Å². The maximum absolute atomic E-state index is 8.36. The van der Waals surface area contributed by atoms with E-state index >= 15 is 0 Å². The molecule has 0 atom stereocenters. The maximum atomic E-state index is 8.36. The smallest absolute Gasteiger partial charge is 0.291 e. The van der Waals surface area contributed by atoms with E-state index in [2.05, 4.69) is 5.43 Å². The Hall–Kier alpha value is -1.73. The molecule has 0 radical (unpaired) electrons. The number of hydrazine groups is 1. The van der Waals surface area contributed by atoms with Crippen molar-refractivity contribution in [1.29, 1.82) is 0 Å². The average Bonchev–Trinajstić information content (AvgIpc) is 2.16. The Morgan fingerprint density at radius 2 is 2.20 bits per heavy atom. The van der Waals surface area contributed by atoms with Crippen molar-refractivity contribution < 1.29 is 15.0 Å². The first-order valence-corrected chi connectivity index (χ1v) is 4.03. The Bertz CT molecular complexity index is 330. The van der Waals surface area contributed by atoms with Crippen LogP contribution in [0.3, 0.4) is 0 Å². The highest BCUT2D eigenvalue weighted by Gasteiger charge is 2.03. The zero-order valence-corrected chi connectivity index (χ0v) is 8.56. The summed E-state index contributed by atoms with van der Waals surface area (Å²) < 4.78 is 4.99. The molecule has 0 saturated heterocycles. The van der Waals surface area contributed by atoms with Gasteiger partial charge < -0.3 is 15.4 Å². The van der Waals surface area contributed by atoms with Gasteiger partial charge in [0.15, 0.2) is 5.75 Å². The van der Waals surface area contributed by atoms with E-state index in [-0.39, 0.29) is 0 Å². The molecule has 84 valence electrons. The van der Waals surface area contributed by atoms with E-state index in [1.165, 1.54) is 0 Å². The van der Waals surface area contributed by atoms with Gasteiger partial charge in [0.25, 0.3) is 5.09 Å². The summed E-state index contributed by atoms with van der Waals surface area (Å²) in [5, 5.41) is 14.2. The number of ether oxygens (including phenoxy) is 1. The van der Waals surface area contributed by atoms with Crippen molar-refractivity contribution in [2.24, 2.45) is 5.84 Å². The number of nitrogens with zero attached hydrogens (tertiary/aromatic N) is 1. The normalized spacial score (nSPS) is 8.47. The predicted octanol–water partition coefficient (Wildman–Crippen LogP) is 1.29. The molecule has 0 heterocycles. The van der Waals surface area contributed by atoms with Crippen molar-refractivity contribution in [2.45, 2.75) is 0 Å². The molecule has 0 bridgehead atoms. The van der Waals surface area contributed by atoms with Crippen molar-refractivity contribution in [2.75, 3.05) is 12.5 Å². The minimum absolute atomic E-state index is 0.544. The quantitative estimate of drug-likeness (QED) is 0.405. The molecule has 0 aromatic heterocycles. The van der Waals surface area contributed by atoms with Crippen LogP contribution in [0.15, 0.2) is 18.2 Å². The molecule has 15 heavy (non-hydrogen) atoms. The van der Waals surface area contributed by atoms with Crippen LogP contribution >= 0.6 is 11.6 Å². The molecule has 0 saturated carbocycles. The lowest BCUT2D eigenvalue weighted by molar-refractivity contribution is -0.742. The van der Waals surface area contributed by atoms with Crippen molar-refractivity contribution in [3.05, 3.63) is 33.3 Å². The number of hydrogen-bond donors (Lipinski definition) is 3. The number of halogens is 1. The number of para-hydroxylation sites is 1. The molecule has 4 N–H and O–H groups in total. The van der Waals surface area contributed by atoms with Gasteiger partial charge in [0, 0.05) is 0 Å². The molecule has 0 unspecified atom stereocenters. The van der Waals surface area contributed by atoms with E-state index in [0.717, 1.165) is 0 Å². The monoisotopic (exact) mass is 235 g/mol. The number of nitrogens with one attached hydrogen (secondary N) is 1.